The van der Waals surface area contributed by atoms with Crippen molar-refractivity contribution in [2.45, 2.75) is 0 Å². The first-order valence-electron chi connectivity index (χ1n) is 5.38. The molecule has 0 aliphatic rings. The van der Waals surface area contributed by atoms with Crippen LogP contribution < -0.4 is 11.3 Å². The van der Waals surface area contributed by atoms with Crippen LogP contribution in [0.3, 0.4) is 0 Å². The van der Waals surface area contributed by atoms with Crippen molar-refractivity contribution in [2.24, 2.45) is 5.73 Å². The fourth-order valence-corrected chi connectivity index (χ4v) is 2.11. The standard InChI is InChI=1S/C13H9N3O2/c14-13(18)16-11-9(6-3-7-15-11)8-4-1-2-5-10(8)12(16)17/h1-7H,(H2,14,18). The van der Waals surface area contributed by atoms with E-state index in [0.29, 0.717) is 5.39 Å². The molecule has 0 aliphatic heterocycles. The second-order valence-electron chi connectivity index (χ2n) is 3.90. The molecule has 1 aromatic carbocycles. The van der Waals surface area contributed by atoms with Crippen molar-refractivity contribution in [3.8, 4) is 0 Å². The average molecular weight is 239 g/mol. The summed E-state index contributed by atoms with van der Waals surface area (Å²) in [4.78, 5) is 27.7. The van der Waals surface area contributed by atoms with Crippen LogP contribution in [0.15, 0.2) is 47.4 Å². The minimum atomic E-state index is -0.825. The Bertz CT molecular complexity index is 836. The highest BCUT2D eigenvalue weighted by Gasteiger charge is 2.13. The zero-order valence-corrected chi connectivity index (χ0v) is 9.33. The molecule has 0 fully saturated rings. The Labute approximate surface area is 101 Å². The Hall–Kier alpha value is -2.69. The lowest BCUT2D eigenvalue weighted by molar-refractivity contribution is 0.250. The summed E-state index contributed by atoms with van der Waals surface area (Å²) in [6.45, 7) is 0. The van der Waals surface area contributed by atoms with Crippen LogP contribution in [0.4, 0.5) is 4.79 Å². The summed E-state index contributed by atoms with van der Waals surface area (Å²) in [6.07, 6.45) is 1.52. The number of carbonyl (C=O) groups excluding carboxylic acids is 1. The first kappa shape index (κ1) is 10.5. The van der Waals surface area contributed by atoms with Gasteiger partial charge in [-0.1, -0.05) is 18.2 Å². The number of primary amides is 1. The lowest BCUT2D eigenvalue weighted by Crippen LogP contribution is -2.32. The third-order valence-corrected chi connectivity index (χ3v) is 2.87. The summed E-state index contributed by atoms with van der Waals surface area (Å²) in [5.41, 5.74) is 5.10. The Morgan fingerprint density at radius 3 is 2.44 bits per heavy atom. The van der Waals surface area contributed by atoms with Crippen LogP contribution in [0.5, 0.6) is 0 Å². The molecule has 0 spiro atoms. The van der Waals surface area contributed by atoms with Gasteiger partial charge in [0.05, 0.1) is 0 Å². The van der Waals surface area contributed by atoms with Crippen molar-refractivity contribution in [3.63, 3.8) is 0 Å². The topological polar surface area (TPSA) is 78.0 Å². The molecule has 0 saturated heterocycles. The van der Waals surface area contributed by atoms with Crippen LogP contribution in [0.2, 0.25) is 0 Å². The predicted molar refractivity (Wildman–Crippen MR) is 68.5 cm³/mol. The molecule has 0 bridgehead atoms. The molecule has 3 rings (SSSR count). The molecule has 0 aliphatic carbocycles. The second-order valence-corrected chi connectivity index (χ2v) is 3.90. The number of hydrogen-bond donors (Lipinski definition) is 1. The lowest BCUT2D eigenvalue weighted by atomic mass is 10.1. The monoisotopic (exact) mass is 239 g/mol. The predicted octanol–water partition coefficient (Wildman–Crippen LogP) is 1.48. The maximum absolute atomic E-state index is 12.2. The smallest absolute Gasteiger partial charge is 0.327 e. The van der Waals surface area contributed by atoms with E-state index in [2.05, 4.69) is 4.98 Å². The number of rotatable bonds is 0. The third-order valence-electron chi connectivity index (χ3n) is 2.87. The van der Waals surface area contributed by atoms with E-state index in [1.807, 2.05) is 18.2 Å². The summed E-state index contributed by atoms with van der Waals surface area (Å²) in [7, 11) is 0. The molecule has 2 aromatic heterocycles. The van der Waals surface area contributed by atoms with Crippen LogP contribution in [-0.4, -0.2) is 15.6 Å². The van der Waals surface area contributed by atoms with Gasteiger partial charge in [0.2, 0.25) is 0 Å². The quantitative estimate of drug-likeness (QED) is 0.603. The first-order chi connectivity index (χ1) is 8.70. The second kappa shape index (κ2) is 3.66. The first-order valence-corrected chi connectivity index (χ1v) is 5.38. The number of pyridine rings is 2. The van der Waals surface area contributed by atoms with Gasteiger partial charge in [-0.25, -0.2) is 14.3 Å². The number of benzene rings is 1. The zero-order chi connectivity index (χ0) is 12.7. The molecule has 0 atom stereocenters. The van der Waals surface area contributed by atoms with Crippen molar-refractivity contribution in [3.05, 3.63) is 52.9 Å². The number of fused-ring (bicyclic) bond motifs is 3. The van der Waals surface area contributed by atoms with Crippen LogP contribution in [-0.2, 0) is 0 Å². The van der Waals surface area contributed by atoms with Gasteiger partial charge in [-0.05, 0) is 23.6 Å². The summed E-state index contributed by atoms with van der Waals surface area (Å²) < 4.78 is 0.900. The molecule has 1 amide bonds. The summed E-state index contributed by atoms with van der Waals surface area (Å²) in [6, 6.07) is 9.82. The minimum Gasteiger partial charge on any atom is -0.351 e. The SMILES string of the molecule is NC(=O)n1c(=O)c2ccccc2c2cccnc21. The third kappa shape index (κ3) is 1.31. The normalized spacial score (nSPS) is 10.9. The number of nitrogens with zero attached hydrogens (tertiary/aromatic N) is 2. The van der Waals surface area contributed by atoms with E-state index in [9.17, 15) is 9.59 Å². The van der Waals surface area contributed by atoms with E-state index < -0.39 is 11.6 Å². The number of nitrogens with two attached hydrogens (primary N) is 1. The fourth-order valence-electron chi connectivity index (χ4n) is 2.11. The van der Waals surface area contributed by atoms with Gasteiger partial charge >= 0.3 is 6.03 Å². The van der Waals surface area contributed by atoms with E-state index in [0.717, 1.165) is 15.3 Å². The highest BCUT2D eigenvalue weighted by molar-refractivity contribution is 6.06. The van der Waals surface area contributed by atoms with Gasteiger partial charge in [-0.15, -0.1) is 0 Å². The van der Waals surface area contributed by atoms with Gasteiger partial charge in [0.15, 0.2) is 5.65 Å². The summed E-state index contributed by atoms with van der Waals surface area (Å²) >= 11 is 0. The highest BCUT2D eigenvalue weighted by atomic mass is 16.2. The van der Waals surface area contributed by atoms with Crippen molar-refractivity contribution >= 4 is 27.8 Å². The van der Waals surface area contributed by atoms with Crippen LogP contribution in [0, 0.1) is 0 Å². The van der Waals surface area contributed by atoms with Crippen molar-refractivity contribution in [1.82, 2.24) is 9.55 Å². The highest BCUT2D eigenvalue weighted by Crippen LogP contribution is 2.20. The molecule has 0 unspecified atom stereocenters. The van der Waals surface area contributed by atoms with Crippen LogP contribution in [0.25, 0.3) is 21.8 Å². The minimum absolute atomic E-state index is 0.286. The van der Waals surface area contributed by atoms with Gasteiger partial charge in [-0.2, -0.15) is 0 Å². The Kier molecular flexibility index (Phi) is 2.13. The lowest BCUT2D eigenvalue weighted by Gasteiger charge is -2.08. The van der Waals surface area contributed by atoms with E-state index in [1.165, 1.54) is 6.20 Å². The molecule has 18 heavy (non-hydrogen) atoms. The molecular formula is C13H9N3O2. The van der Waals surface area contributed by atoms with Crippen LogP contribution >= 0.6 is 0 Å². The molecule has 2 N–H and O–H groups in total. The maximum atomic E-state index is 12.2. The maximum Gasteiger partial charge on any atom is 0.327 e. The van der Waals surface area contributed by atoms with Gasteiger partial charge < -0.3 is 5.73 Å². The number of amides is 1. The molecule has 5 nitrogen and oxygen atoms in total. The van der Waals surface area contributed by atoms with Gasteiger partial charge in [0.1, 0.15) is 0 Å². The molecule has 3 aromatic rings. The molecule has 0 radical (unpaired) electrons. The van der Waals surface area contributed by atoms with E-state index in [1.54, 1.807) is 18.2 Å². The van der Waals surface area contributed by atoms with Gasteiger partial charge in [-0.3, -0.25) is 4.79 Å². The zero-order valence-electron chi connectivity index (χ0n) is 9.33. The summed E-state index contributed by atoms with van der Waals surface area (Å²) in [5.74, 6) is 0. The summed E-state index contributed by atoms with van der Waals surface area (Å²) in [5, 5.41) is 1.95. The van der Waals surface area contributed by atoms with Crippen molar-refractivity contribution in [2.75, 3.05) is 0 Å². The van der Waals surface area contributed by atoms with E-state index in [-0.39, 0.29) is 5.65 Å². The van der Waals surface area contributed by atoms with Gasteiger partial charge in [0.25, 0.3) is 5.56 Å². The molecule has 0 saturated carbocycles. The number of aromatic nitrogens is 2. The Morgan fingerprint density at radius 2 is 1.72 bits per heavy atom. The molecule has 5 heteroatoms. The molecule has 2 heterocycles. The Balaban J connectivity index is 2.71. The van der Waals surface area contributed by atoms with E-state index >= 15 is 0 Å². The van der Waals surface area contributed by atoms with Crippen molar-refractivity contribution in [1.29, 1.82) is 0 Å². The fraction of sp³-hybridized carbons (Fsp3) is 0. The Morgan fingerprint density at radius 1 is 1.06 bits per heavy atom. The number of hydrogen-bond acceptors (Lipinski definition) is 3. The van der Waals surface area contributed by atoms with Crippen molar-refractivity contribution < 1.29 is 4.79 Å². The van der Waals surface area contributed by atoms with E-state index in [4.69, 9.17) is 5.73 Å². The largest absolute Gasteiger partial charge is 0.351 e. The van der Waals surface area contributed by atoms with Gasteiger partial charge in [0, 0.05) is 17.0 Å². The average Bonchev–Trinajstić information content (AvgIpc) is 2.39. The number of carbonyl (C=O) groups is 1. The molecule has 88 valence electrons. The molecular weight excluding hydrogens is 230 g/mol. The van der Waals surface area contributed by atoms with Crippen LogP contribution in [0.1, 0.15) is 0 Å².